The number of amides is 1. The summed E-state index contributed by atoms with van der Waals surface area (Å²) in [6.07, 6.45) is -4.46. The molecular formula is C20H15F3N2O3S. The number of rotatable bonds is 5. The Morgan fingerprint density at radius 1 is 0.759 bits per heavy atom. The number of carbonyl (C=O) groups excluding carboxylic acids is 1. The van der Waals surface area contributed by atoms with Crippen molar-refractivity contribution in [3.05, 3.63) is 90.0 Å². The molecule has 3 aromatic carbocycles. The Hall–Kier alpha value is -3.33. The van der Waals surface area contributed by atoms with Crippen LogP contribution in [0.15, 0.2) is 83.8 Å². The molecule has 150 valence electrons. The Balaban J connectivity index is 1.70. The predicted octanol–water partition coefficient (Wildman–Crippen LogP) is 4.76. The summed E-state index contributed by atoms with van der Waals surface area (Å²) in [6.45, 7) is 0. The van der Waals surface area contributed by atoms with Crippen LogP contribution < -0.4 is 10.0 Å². The molecule has 0 radical (unpaired) electrons. The van der Waals surface area contributed by atoms with Gasteiger partial charge in [0.1, 0.15) is 0 Å². The molecule has 2 N–H and O–H groups in total. The highest BCUT2D eigenvalue weighted by Crippen LogP contribution is 2.29. The second-order valence-electron chi connectivity index (χ2n) is 6.03. The van der Waals surface area contributed by atoms with Crippen molar-refractivity contribution in [3.63, 3.8) is 0 Å². The van der Waals surface area contributed by atoms with Gasteiger partial charge in [0, 0.05) is 16.9 Å². The van der Waals surface area contributed by atoms with Gasteiger partial charge in [-0.3, -0.25) is 9.52 Å². The Morgan fingerprint density at radius 3 is 1.90 bits per heavy atom. The van der Waals surface area contributed by atoms with Crippen LogP contribution in [0.4, 0.5) is 24.5 Å². The first-order valence-electron chi connectivity index (χ1n) is 8.32. The molecule has 0 aliphatic heterocycles. The lowest BCUT2D eigenvalue weighted by Gasteiger charge is -2.10. The number of benzene rings is 3. The third kappa shape index (κ3) is 5.14. The molecule has 0 saturated carbocycles. The average molecular weight is 420 g/mol. The highest BCUT2D eigenvalue weighted by atomic mass is 32.2. The summed E-state index contributed by atoms with van der Waals surface area (Å²) in [4.78, 5) is 12.2. The first kappa shape index (κ1) is 20.4. The molecule has 0 atom stereocenters. The number of nitrogens with one attached hydrogen (secondary N) is 2. The van der Waals surface area contributed by atoms with Gasteiger partial charge in [0.15, 0.2) is 0 Å². The molecule has 1 amide bonds. The van der Waals surface area contributed by atoms with E-state index in [4.69, 9.17) is 0 Å². The monoisotopic (exact) mass is 420 g/mol. The van der Waals surface area contributed by atoms with Crippen LogP contribution >= 0.6 is 0 Å². The fourth-order valence-electron chi connectivity index (χ4n) is 2.45. The Bertz CT molecular complexity index is 1100. The van der Waals surface area contributed by atoms with Gasteiger partial charge in [0.25, 0.3) is 15.9 Å². The minimum atomic E-state index is -4.46. The van der Waals surface area contributed by atoms with Crippen molar-refractivity contribution in [3.8, 4) is 0 Å². The first-order valence-corrected chi connectivity index (χ1v) is 9.80. The molecule has 0 fully saturated rings. The molecular weight excluding hydrogens is 405 g/mol. The quantitative estimate of drug-likeness (QED) is 0.625. The van der Waals surface area contributed by atoms with Crippen molar-refractivity contribution in [1.29, 1.82) is 0 Å². The van der Waals surface area contributed by atoms with Crippen LogP contribution in [0.1, 0.15) is 15.9 Å². The lowest BCUT2D eigenvalue weighted by molar-refractivity contribution is -0.137. The molecule has 0 aliphatic rings. The highest BCUT2D eigenvalue weighted by molar-refractivity contribution is 7.92. The van der Waals surface area contributed by atoms with Gasteiger partial charge < -0.3 is 5.32 Å². The van der Waals surface area contributed by atoms with Crippen LogP contribution in [0.3, 0.4) is 0 Å². The number of anilines is 2. The molecule has 5 nitrogen and oxygen atoms in total. The van der Waals surface area contributed by atoms with E-state index in [0.717, 1.165) is 24.3 Å². The van der Waals surface area contributed by atoms with Gasteiger partial charge in [-0.15, -0.1) is 0 Å². The topological polar surface area (TPSA) is 75.3 Å². The molecule has 0 heterocycles. The standard InChI is InChI=1S/C20H15F3N2O3S/c21-20(22,23)15-8-10-16(11-9-15)24-19(26)14-6-12-18(13-7-14)29(27,28)25-17-4-2-1-3-5-17/h1-13,25H,(H,24,26). The first-order chi connectivity index (χ1) is 13.6. The lowest BCUT2D eigenvalue weighted by Crippen LogP contribution is -2.15. The fourth-order valence-corrected chi connectivity index (χ4v) is 3.51. The van der Waals surface area contributed by atoms with E-state index < -0.39 is 27.7 Å². The normalized spacial score (nSPS) is 11.7. The molecule has 0 spiro atoms. The second-order valence-corrected chi connectivity index (χ2v) is 7.71. The molecule has 0 saturated heterocycles. The zero-order valence-electron chi connectivity index (χ0n) is 14.8. The van der Waals surface area contributed by atoms with Crippen molar-refractivity contribution in [2.45, 2.75) is 11.1 Å². The maximum absolute atomic E-state index is 12.6. The van der Waals surface area contributed by atoms with Gasteiger partial charge in [0.2, 0.25) is 0 Å². The molecule has 9 heteroatoms. The van der Waals surface area contributed by atoms with Gasteiger partial charge in [-0.05, 0) is 60.7 Å². The smallest absolute Gasteiger partial charge is 0.322 e. The van der Waals surface area contributed by atoms with Crippen LogP contribution in [0.25, 0.3) is 0 Å². The molecule has 3 rings (SSSR count). The zero-order valence-corrected chi connectivity index (χ0v) is 15.6. The van der Waals surface area contributed by atoms with Gasteiger partial charge >= 0.3 is 6.18 Å². The number of hydrogen-bond donors (Lipinski definition) is 2. The van der Waals surface area contributed by atoms with Crippen LogP contribution in [0.2, 0.25) is 0 Å². The van der Waals surface area contributed by atoms with E-state index in [9.17, 15) is 26.4 Å². The lowest BCUT2D eigenvalue weighted by atomic mass is 10.2. The molecule has 0 unspecified atom stereocenters. The van der Waals surface area contributed by atoms with E-state index >= 15 is 0 Å². The van der Waals surface area contributed by atoms with Crippen molar-refractivity contribution >= 4 is 27.3 Å². The molecule has 0 aliphatic carbocycles. The SMILES string of the molecule is O=C(Nc1ccc(C(F)(F)F)cc1)c1ccc(S(=O)(=O)Nc2ccccc2)cc1. The van der Waals surface area contributed by atoms with Gasteiger partial charge in [-0.25, -0.2) is 8.42 Å². The van der Waals surface area contributed by atoms with E-state index in [1.54, 1.807) is 30.3 Å². The Kier molecular flexibility index (Phi) is 5.60. The molecule has 0 bridgehead atoms. The van der Waals surface area contributed by atoms with Crippen molar-refractivity contribution in [1.82, 2.24) is 0 Å². The van der Waals surface area contributed by atoms with E-state index in [1.165, 1.54) is 24.3 Å². The summed E-state index contributed by atoms with van der Waals surface area (Å²) in [7, 11) is -3.82. The number of hydrogen-bond acceptors (Lipinski definition) is 3. The predicted molar refractivity (Wildman–Crippen MR) is 103 cm³/mol. The maximum Gasteiger partial charge on any atom is 0.416 e. The third-order valence-electron chi connectivity index (χ3n) is 3.92. The molecule has 3 aromatic rings. The Labute approximate surface area is 165 Å². The minimum absolute atomic E-state index is 0.0348. The van der Waals surface area contributed by atoms with Gasteiger partial charge in [0.05, 0.1) is 10.5 Å². The summed E-state index contributed by atoms with van der Waals surface area (Å²) in [5, 5.41) is 2.46. The second kappa shape index (κ2) is 7.96. The molecule has 0 aromatic heterocycles. The van der Waals surface area contributed by atoms with Crippen LogP contribution in [-0.4, -0.2) is 14.3 Å². The maximum atomic E-state index is 12.6. The Morgan fingerprint density at radius 2 is 1.34 bits per heavy atom. The summed E-state index contributed by atoms with van der Waals surface area (Å²) >= 11 is 0. The summed E-state index contributed by atoms with van der Waals surface area (Å²) in [5.41, 5.74) is -0.0819. The minimum Gasteiger partial charge on any atom is -0.322 e. The number of halogens is 3. The van der Waals surface area contributed by atoms with Crippen molar-refractivity contribution < 1.29 is 26.4 Å². The van der Waals surface area contributed by atoms with Crippen molar-refractivity contribution in [2.24, 2.45) is 0 Å². The van der Waals surface area contributed by atoms with E-state index in [1.807, 2.05) is 0 Å². The van der Waals surface area contributed by atoms with Gasteiger partial charge in [-0.2, -0.15) is 13.2 Å². The van der Waals surface area contributed by atoms with Gasteiger partial charge in [-0.1, -0.05) is 18.2 Å². The van der Waals surface area contributed by atoms with Crippen molar-refractivity contribution in [2.75, 3.05) is 10.0 Å². The number of carbonyl (C=O) groups is 1. The highest BCUT2D eigenvalue weighted by Gasteiger charge is 2.30. The fraction of sp³-hybridized carbons (Fsp3) is 0.0500. The molecule has 29 heavy (non-hydrogen) atoms. The number of sulfonamides is 1. The number of alkyl halides is 3. The summed E-state index contributed by atoms with van der Waals surface area (Å²) in [6, 6.07) is 17.5. The van der Waals surface area contributed by atoms with Crippen LogP contribution in [-0.2, 0) is 16.2 Å². The van der Waals surface area contributed by atoms with Crippen LogP contribution in [0.5, 0.6) is 0 Å². The summed E-state index contributed by atoms with van der Waals surface area (Å²) in [5.74, 6) is -0.579. The summed E-state index contributed by atoms with van der Waals surface area (Å²) < 4.78 is 64.9. The van der Waals surface area contributed by atoms with E-state index in [-0.39, 0.29) is 16.1 Å². The van der Waals surface area contributed by atoms with E-state index in [0.29, 0.717) is 5.69 Å². The third-order valence-corrected chi connectivity index (χ3v) is 5.32. The van der Waals surface area contributed by atoms with E-state index in [2.05, 4.69) is 10.0 Å². The van der Waals surface area contributed by atoms with Crippen LogP contribution in [0, 0.1) is 0 Å². The average Bonchev–Trinajstić information content (AvgIpc) is 2.68. The largest absolute Gasteiger partial charge is 0.416 e. The zero-order chi connectivity index (χ0) is 21.1. The number of para-hydroxylation sites is 1.